The highest BCUT2D eigenvalue weighted by Crippen LogP contribution is 2.71. The van der Waals surface area contributed by atoms with Crippen LogP contribution < -0.4 is 5.73 Å². The Morgan fingerprint density at radius 2 is 1.75 bits per heavy atom. The van der Waals surface area contributed by atoms with Crippen LogP contribution in [0.25, 0.3) is 0 Å². The number of aliphatic hydroxyl groups excluding tert-OH is 2. The number of carbonyl (C=O) groups excluding carboxylic acids is 4. The van der Waals surface area contributed by atoms with Crippen molar-refractivity contribution in [2.45, 2.75) is 103 Å². The van der Waals surface area contributed by atoms with Gasteiger partial charge < -0.3 is 30.9 Å². The van der Waals surface area contributed by atoms with Gasteiger partial charge in [0.1, 0.15) is 23.6 Å². The van der Waals surface area contributed by atoms with Crippen molar-refractivity contribution >= 4 is 23.3 Å². The van der Waals surface area contributed by atoms with E-state index in [2.05, 4.69) is 0 Å². The van der Waals surface area contributed by atoms with Crippen molar-refractivity contribution in [3.05, 3.63) is 29.3 Å². The summed E-state index contributed by atoms with van der Waals surface area (Å²) in [7, 11) is 0. The van der Waals surface area contributed by atoms with Gasteiger partial charge in [0.2, 0.25) is 5.91 Å². The number of nitrogens with two attached hydrogens (primary N) is 1. The smallest absolute Gasteiger partial charge is 0.230 e. The fraction of sp³-hybridized carbons (Fsp3) is 0.706. The van der Waals surface area contributed by atoms with Gasteiger partial charge >= 0.3 is 0 Å². The number of rotatable bonds is 8. The second-order valence-corrected chi connectivity index (χ2v) is 14.4. The minimum Gasteiger partial charge on any atom is -0.507 e. The molecule has 3 fully saturated rings. The number of Topliss-reactive ketones (excluding diaryl/α,β-unsaturated/α-hetero) is 3. The highest BCUT2D eigenvalue weighted by atomic mass is 16.5. The zero-order chi connectivity index (χ0) is 32.5. The largest absolute Gasteiger partial charge is 0.507 e. The van der Waals surface area contributed by atoms with Gasteiger partial charge in [0, 0.05) is 24.2 Å². The Morgan fingerprint density at radius 3 is 2.32 bits per heavy atom. The average Bonchev–Trinajstić information content (AvgIpc) is 3.47. The zero-order valence-corrected chi connectivity index (χ0v) is 26.3. The molecule has 0 aliphatic heterocycles. The number of hydrogen-bond acceptors (Lipinski definition) is 9. The van der Waals surface area contributed by atoms with Crippen molar-refractivity contribution in [1.29, 1.82) is 0 Å². The minimum absolute atomic E-state index is 0.00925. The third kappa shape index (κ3) is 4.27. The number of benzene rings is 1. The van der Waals surface area contributed by atoms with Crippen molar-refractivity contribution in [2.24, 2.45) is 46.2 Å². The molecule has 0 radical (unpaired) electrons. The van der Waals surface area contributed by atoms with E-state index in [9.17, 15) is 39.6 Å². The average molecular weight is 614 g/mol. The first-order chi connectivity index (χ1) is 20.6. The van der Waals surface area contributed by atoms with Crippen molar-refractivity contribution in [1.82, 2.24) is 0 Å². The van der Waals surface area contributed by atoms with Gasteiger partial charge in [0.25, 0.3) is 0 Å². The lowest BCUT2D eigenvalue weighted by Gasteiger charge is -2.71. The molecule has 2 unspecified atom stereocenters. The molecule has 6 N–H and O–H groups in total. The number of phenols is 1. The summed E-state index contributed by atoms with van der Waals surface area (Å²) in [6, 6.07) is 4.76. The van der Waals surface area contributed by atoms with Gasteiger partial charge in [0.05, 0.1) is 30.3 Å². The number of phenolic OH excluding ortho intramolecular Hbond substituents is 1. The molecular formula is C34H47NO9. The molecule has 4 aliphatic rings. The molecule has 242 valence electrons. The van der Waals surface area contributed by atoms with E-state index in [-0.39, 0.29) is 42.6 Å². The Hall–Kier alpha value is -2.66. The van der Waals surface area contributed by atoms with Crippen molar-refractivity contribution in [2.75, 3.05) is 6.61 Å². The second-order valence-electron chi connectivity index (χ2n) is 14.4. The second kappa shape index (κ2) is 11.3. The molecule has 44 heavy (non-hydrogen) atoms. The molecule has 10 nitrogen and oxygen atoms in total. The van der Waals surface area contributed by atoms with Crippen LogP contribution >= 0.6 is 0 Å². The number of amides is 1. The number of hydrogen-bond donors (Lipinski definition) is 5. The first-order valence-corrected chi connectivity index (χ1v) is 16.0. The fourth-order valence-corrected chi connectivity index (χ4v) is 10.1. The zero-order valence-electron chi connectivity index (χ0n) is 26.3. The Kier molecular flexibility index (Phi) is 8.40. The summed E-state index contributed by atoms with van der Waals surface area (Å²) in [5, 5.41) is 47.7. The van der Waals surface area contributed by atoms with E-state index in [4.69, 9.17) is 10.5 Å². The molecule has 3 saturated carbocycles. The molecule has 0 spiro atoms. The molecular weight excluding hydrogens is 566 g/mol. The molecule has 1 amide bonds. The van der Waals surface area contributed by atoms with E-state index < -0.39 is 81.6 Å². The lowest BCUT2D eigenvalue weighted by molar-refractivity contribution is -0.294. The van der Waals surface area contributed by atoms with Crippen LogP contribution in [-0.4, -0.2) is 74.2 Å². The normalized spacial score (nSPS) is 40.4. The molecule has 0 heterocycles. The predicted octanol–water partition coefficient (Wildman–Crippen LogP) is 2.67. The van der Waals surface area contributed by atoms with E-state index in [1.54, 1.807) is 46.8 Å². The Balaban J connectivity index is 1.83. The van der Waals surface area contributed by atoms with E-state index in [1.807, 2.05) is 0 Å². The monoisotopic (exact) mass is 613 g/mol. The summed E-state index contributed by atoms with van der Waals surface area (Å²) in [5.74, 6) is -9.70. The van der Waals surface area contributed by atoms with E-state index in [1.165, 1.54) is 6.07 Å². The van der Waals surface area contributed by atoms with Gasteiger partial charge in [-0.25, -0.2) is 0 Å². The number of carbonyl (C=O) groups is 4. The third-order valence-electron chi connectivity index (χ3n) is 12.2. The van der Waals surface area contributed by atoms with Gasteiger partial charge in [-0.05, 0) is 47.6 Å². The minimum atomic E-state index is -2.72. The van der Waals surface area contributed by atoms with Crippen LogP contribution in [0, 0.1) is 40.4 Å². The summed E-state index contributed by atoms with van der Waals surface area (Å²) in [6.07, 6.45) is 0.159. The number of primary amides is 1. The number of aliphatic hydroxyl groups is 3. The Bertz CT molecular complexity index is 1350. The maximum absolute atomic E-state index is 14.5. The molecule has 0 saturated heterocycles. The summed E-state index contributed by atoms with van der Waals surface area (Å²) in [4.78, 5) is 54.8. The highest BCUT2D eigenvalue weighted by Gasteiger charge is 2.80. The highest BCUT2D eigenvalue weighted by molar-refractivity contribution is 6.09. The van der Waals surface area contributed by atoms with Crippen LogP contribution in [0.15, 0.2) is 18.2 Å². The maximum Gasteiger partial charge on any atom is 0.230 e. The summed E-state index contributed by atoms with van der Waals surface area (Å²) in [6.45, 7) is 8.80. The van der Waals surface area contributed by atoms with E-state index >= 15 is 0 Å². The van der Waals surface area contributed by atoms with Crippen LogP contribution in [0.5, 0.6) is 5.75 Å². The summed E-state index contributed by atoms with van der Waals surface area (Å²) < 4.78 is 6.46. The Morgan fingerprint density at radius 1 is 1.11 bits per heavy atom. The van der Waals surface area contributed by atoms with Crippen LogP contribution in [0.4, 0.5) is 0 Å². The molecule has 10 heteroatoms. The third-order valence-corrected chi connectivity index (χ3v) is 12.2. The van der Waals surface area contributed by atoms with Crippen molar-refractivity contribution < 1.29 is 44.3 Å². The molecule has 4 aliphatic carbocycles. The van der Waals surface area contributed by atoms with Crippen LogP contribution in [-0.2, 0) is 19.1 Å². The maximum atomic E-state index is 14.5. The first kappa shape index (κ1) is 32.7. The van der Waals surface area contributed by atoms with Crippen LogP contribution in [0.3, 0.4) is 0 Å². The standard InChI is InChI=1S/C34H47NO9/c1-6-17(36)14-22-32(4)20(15-44-18-10-7-8-11-18)19-12-9-13-21(37)23(19)27(38)26(32)30(41)34(43)29(40)24(31(35)42)28(39)25(16(2)3)33(22,34)5/h9,12-13,16,18,20,22,24-26,28,30,37,39,41,43H,6-8,10-11,14-15H2,1-5H3,(H2,35,42)/t20-,22-,24-,25+,26-,28?,30?,32-,33-,34+/m1/s1. The molecule has 0 aromatic heterocycles. The summed E-state index contributed by atoms with van der Waals surface area (Å²) in [5.41, 5.74) is 0.432. The number of aromatic hydroxyl groups is 1. The van der Waals surface area contributed by atoms with E-state index in [0.717, 1.165) is 25.7 Å². The van der Waals surface area contributed by atoms with Gasteiger partial charge in [-0.15, -0.1) is 0 Å². The summed E-state index contributed by atoms with van der Waals surface area (Å²) >= 11 is 0. The van der Waals surface area contributed by atoms with Crippen LogP contribution in [0.2, 0.25) is 0 Å². The molecule has 1 aromatic carbocycles. The number of ether oxygens (including phenoxy) is 1. The molecule has 10 atom stereocenters. The Labute approximate surface area is 258 Å². The van der Waals surface area contributed by atoms with Gasteiger partial charge in [-0.2, -0.15) is 0 Å². The fourth-order valence-electron chi connectivity index (χ4n) is 10.1. The van der Waals surface area contributed by atoms with Gasteiger partial charge in [0.15, 0.2) is 17.2 Å². The van der Waals surface area contributed by atoms with Crippen molar-refractivity contribution in [3.8, 4) is 5.75 Å². The van der Waals surface area contributed by atoms with Gasteiger partial charge in [-0.3, -0.25) is 19.2 Å². The quantitative estimate of drug-likeness (QED) is 0.275. The van der Waals surface area contributed by atoms with Gasteiger partial charge in [-0.1, -0.05) is 59.6 Å². The lowest BCUT2D eigenvalue weighted by Crippen LogP contribution is -2.82. The SMILES string of the molecule is CCC(=O)C[C@@H]1[C@@]2(C)[C@H](COC3CCCC3)c3cccc(O)c3C(=O)[C@@H]2C(O)[C@@]2(O)C(=O)[C@H](C(N)=O)C(O)[C@H](C(C)C)[C@@]12C. The number of fused-ring (bicyclic) bond motifs is 3. The topological polar surface area (TPSA) is 184 Å². The van der Waals surface area contributed by atoms with Crippen molar-refractivity contribution in [3.63, 3.8) is 0 Å². The van der Waals surface area contributed by atoms with E-state index in [0.29, 0.717) is 5.56 Å². The molecule has 1 aromatic rings. The molecule has 0 bridgehead atoms. The lowest BCUT2D eigenvalue weighted by atomic mass is 9.33. The predicted molar refractivity (Wildman–Crippen MR) is 159 cm³/mol. The molecule has 5 rings (SSSR count). The first-order valence-electron chi connectivity index (χ1n) is 16.0. The number of ketones is 3. The van der Waals surface area contributed by atoms with Crippen LogP contribution in [0.1, 0.15) is 95.0 Å².